The lowest BCUT2D eigenvalue weighted by atomic mass is 9.68. The van der Waals surface area contributed by atoms with Gasteiger partial charge in [-0.15, -0.1) is 0 Å². The van der Waals surface area contributed by atoms with Crippen molar-refractivity contribution in [1.82, 2.24) is 0 Å². The third kappa shape index (κ3) is 1.61. The first kappa shape index (κ1) is 11.6. The highest BCUT2D eigenvalue weighted by molar-refractivity contribution is 5.73. The maximum Gasteiger partial charge on any atom is 0.307 e. The minimum absolute atomic E-state index is 0.199. The van der Waals surface area contributed by atoms with Crippen LogP contribution >= 0.6 is 0 Å². The van der Waals surface area contributed by atoms with Gasteiger partial charge in [0.2, 0.25) is 0 Å². The molecular formula is C15H18O3. The third-order valence-electron chi connectivity index (χ3n) is 4.46. The van der Waals surface area contributed by atoms with Gasteiger partial charge in [0.05, 0.1) is 13.0 Å². The Labute approximate surface area is 107 Å². The van der Waals surface area contributed by atoms with Crippen molar-refractivity contribution in [3.8, 4) is 5.75 Å². The van der Waals surface area contributed by atoms with Gasteiger partial charge in [0, 0.05) is 0 Å². The van der Waals surface area contributed by atoms with Gasteiger partial charge in [-0.25, -0.2) is 0 Å². The summed E-state index contributed by atoms with van der Waals surface area (Å²) in [5, 5.41) is 9.38. The van der Waals surface area contributed by atoms with Gasteiger partial charge >= 0.3 is 5.97 Å². The number of aryl methyl sites for hydroxylation is 1. The van der Waals surface area contributed by atoms with Crippen LogP contribution < -0.4 is 4.74 Å². The lowest BCUT2D eigenvalue weighted by Crippen LogP contribution is -2.30. The summed E-state index contributed by atoms with van der Waals surface area (Å²) in [4.78, 5) is 11.4. The minimum atomic E-state index is -0.638. The number of hydrogen-bond acceptors (Lipinski definition) is 2. The first-order chi connectivity index (χ1) is 8.72. The summed E-state index contributed by atoms with van der Waals surface area (Å²) in [7, 11) is 1.69. The predicted octanol–water partition coefficient (Wildman–Crippen LogP) is 2.76. The quantitative estimate of drug-likeness (QED) is 0.872. The maximum atomic E-state index is 11.4. The second-order valence-electron chi connectivity index (χ2n) is 5.30. The van der Waals surface area contributed by atoms with Gasteiger partial charge in [0.15, 0.2) is 0 Å². The molecule has 1 aromatic carbocycles. The zero-order valence-electron chi connectivity index (χ0n) is 10.6. The van der Waals surface area contributed by atoms with E-state index in [0.717, 1.165) is 37.9 Å². The van der Waals surface area contributed by atoms with Crippen LogP contribution in [-0.4, -0.2) is 18.2 Å². The zero-order chi connectivity index (χ0) is 12.7. The number of carbonyl (C=O) groups is 1. The van der Waals surface area contributed by atoms with Crippen molar-refractivity contribution in [2.24, 2.45) is 5.92 Å². The van der Waals surface area contributed by atoms with Crippen LogP contribution in [0.25, 0.3) is 0 Å². The Morgan fingerprint density at radius 3 is 2.89 bits per heavy atom. The van der Waals surface area contributed by atoms with E-state index in [1.165, 1.54) is 16.7 Å². The Morgan fingerprint density at radius 2 is 2.17 bits per heavy atom. The third-order valence-corrected chi connectivity index (χ3v) is 4.46. The van der Waals surface area contributed by atoms with E-state index in [9.17, 15) is 9.90 Å². The van der Waals surface area contributed by atoms with E-state index in [2.05, 4.69) is 6.07 Å². The number of aliphatic carboxylic acids is 1. The van der Waals surface area contributed by atoms with E-state index >= 15 is 0 Å². The molecule has 1 aromatic rings. The fourth-order valence-electron chi connectivity index (χ4n) is 3.68. The molecule has 2 aliphatic rings. The fraction of sp³-hybridized carbons (Fsp3) is 0.533. The van der Waals surface area contributed by atoms with Gasteiger partial charge in [0.25, 0.3) is 0 Å². The van der Waals surface area contributed by atoms with Crippen molar-refractivity contribution in [3.05, 3.63) is 28.8 Å². The van der Waals surface area contributed by atoms with Crippen molar-refractivity contribution in [2.45, 2.75) is 38.0 Å². The lowest BCUT2D eigenvalue weighted by Gasteiger charge is -2.36. The molecule has 18 heavy (non-hydrogen) atoms. The van der Waals surface area contributed by atoms with E-state index in [1.54, 1.807) is 7.11 Å². The van der Waals surface area contributed by atoms with Crippen molar-refractivity contribution in [2.75, 3.05) is 7.11 Å². The number of carboxylic acids is 1. The summed E-state index contributed by atoms with van der Waals surface area (Å²) in [5.41, 5.74) is 3.89. The summed E-state index contributed by atoms with van der Waals surface area (Å²) >= 11 is 0. The fourth-order valence-corrected chi connectivity index (χ4v) is 3.68. The maximum absolute atomic E-state index is 11.4. The van der Waals surface area contributed by atoms with Crippen LogP contribution in [0, 0.1) is 5.92 Å². The molecule has 96 valence electrons. The molecule has 3 rings (SSSR count). The Bertz CT molecular complexity index is 493. The molecule has 0 bridgehead atoms. The molecule has 0 fully saturated rings. The van der Waals surface area contributed by atoms with Crippen LogP contribution in [0.1, 0.15) is 41.9 Å². The predicted molar refractivity (Wildman–Crippen MR) is 68.1 cm³/mol. The number of benzene rings is 1. The molecule has 0 aliphatic heterocycles. The van der Waals surface area contributed by atoms with Gasteiger partial charge < -0.3 is 9.84 Å². The second-order valence-corrected chi connectivity index (χ2v) is 5.30. The molecule has 0 spiro atoms. The van der Waals surface area contributed by atoms with Crippen LogP contribution in [0.15, 0.2) is 12.1 Å². The number of rotatable bonds is 2. The van der Waals surface area contributed by atoms with Crippen LogP contribution in [-0.2, 0) is 17.6 Å². The number of carboxylic acid groups (broad SMARTS) is 1. The molecule has 0 heterocycles. The first-order valence-electron chi connectivity index (χ1n) is 6.64. The molecule has 3 nitrogen and oxygen atoms in total. The average Bonchev–Trinajstić information content (AvgIpc) is 2.39. The SMILES string of the molecule is COc1ccc2c3c1CCCC3C(C(=O)O)CC2. The minimum Gasteiger partial charge on any atom is -0.496 e. The van der Waals surface area contributed by atoms with Crippen LogP contribution in [0.3, 0.4) is 0 Å². The Balaban J connectivity index is 2.13. The summed E-state index contributed by atoms with van der Waals surface area (Å²) in [6.07, 6.45) is 4.76. The van der Waals surface area contributed by atoms with E-state index in [0.29, 0.717) is 0 Å². The monoisotopic (exact) mass is 246 g/mol. The number of methoxy groups -OCH3 is 1. The zero-order valence-corrected chi connectivity index (χ0v) is 10.6. The topological polar surface area (TPSA) is 46.5 Å². The number of hydrogen-bond donors (Lipinski definition) is 1. The molecule has 0 radical (unpaired) electrons. The van der Waals surface area contributed by atoms with Crippen LogP contribution in [0.5, 0.6) is 5.75 Å². The van der Waals surface area contributed by atoms with Gasteiger partial charge in [-0.2, -0.15) is 0 Å². The average molecular weight is 246 g/mol. The molecule has 0 aromatic heterocycles. The largest absolute Gasteiger partial charge is 0.496 e. The lowest BCUT2D eigenvalue weighted by molar-refractivity contribution is -0.143. The van der Waals surface area contributed by atoms with Gasteiger partial charge in [0.1, 0.15) is 5.75 Å². The molecule has 2 unspecified atom stereocenters. The van der Waals surface area contributed by atoms with E-state index < -0.39 is 5.97 Å². The molecule has 0 amide bonds. The van der Waals surface area contributed by atoms with Crippen LogP contribution in [0.4, 0.5) is 0 Å². The molecule has 0 saturated carbocycles. The Hall–Kier alpha value is -1.51. The Kier molecular flexibility index (Phi) is 2.77. The van der Waals surface area contributed by atoms with Gasteiger partial charge in [-0.05, 0) is 60.8 Å². The van der Waals surface area contributed by atoms with E-state index in [-0.39, 0.29) is 11.8 Å². The molecule has 3 heteroatoms. The first-order valence-corrected chi connectivity index (χ1v) is 6.64. The number of ether oxygens (including phenoxy) is 1. The smallest absolute Gasteiger partial charge is 0.307 e. The molecule has 1 N–H and O–H groups in total. The Morgan fingerprint density at radius 1 is 1.33 bits per heavy atom. The van der Waals surface area contributed by atoms with Crippen molar-refractivity contribution >= 4 is 5.97 Å². The normalized spacial score (nSPS) is 25.4. The van der Waals surface area contributed by atoms with Gasteiger partial charge in [-0.1, -0.05) is 6.07 Å². The van der Waals surface area contributed by atoms with Gasteiger partial charge in [-0.3, -0.25) is 4.79 Å². The summed E-state index contributed by atoms with van der Waals surface area (Å²) in [6, 6.07) is 4.16. The van der Waals surface area contributed by atoms with Crippen molar-refractivity contribution in [3.63, 3.8) is 0 Å². The second kappa shape index (κ2) is 4.30. The molecular weight excluding hydrogens is 228 g/mol. The standard InChI is InChI=1S/C15H18O3/c1-18-13-8-6-9-5-7-11(15(16)17)10-3-2-4-12(13)14(9)10/h6,8,10-11H,2-5,7H2,1H3,(H,16,17). The summed E-state index contributed by atoms with van der Waals surface area (Å²) < 4.78 is 5.43. The summed E-state index contributed by atoms with van der Waals surface area (Å²) in [5.74, 6) is 0.291. The highest BCUT2D eigenvalue weighted by atomic mass is 16.5. The van der Waals surface area contributed by atoms with Crippen molar-refractivity contribution < 1.29 is 14.6 Å². The highest BCUT2D eigenvalue weighted by Gasteiger charge is 2.38. The van der Waals surface area contributed by atoms with E-state index in [1.807, 2.05) is 6.07 Å². The van der Waals surface area contributed by atoms with Crippen LogP contribution in [0.2, 0.25) is 0 Å². The van der Waals surface area contributed by atoms with E-state index in [4.69, 9.17) is 4.74 Å². The summed E-state index contributed by atoms with van der Waals surface area (Å²) in [6.45, 7) is 0. The molecule has 2 aliphatic carbocycles. The van der Waals surface area contributed by atoms with Crippen molar-refractivity contribution in [1.29, 1.82) is 0 Å². The molecule has 0 saturated heterocycles. The highest BCUT2D eigenvalue weighted by Crippen LogP contribution is 2.47. The molecule has 2 atom stereocenters.